The van der Waals surface area contributed by atoms with Crippen molar-refractivity contribution in [3.63, 3.8) is 0 Å². The molecule has 3 aromatic carbocycles. The van der Waals surface area contributed by atoms with Crippen LogP contribution in [-0.4, -0.2) is 18.8 Å². The van der Waals surface area contributed by atoms with E-state index in [2.05, 4.69) is 24.5 Å². The average Bonchev–Trinajstić information content (AvgIpc) is 2.92. The molecule has 0 radical (unpaired) electrons. The van der Waals surface area contributed by atoms with Gasteiger partial charge in [0.1, 0.15) is 12.4 Å². The Morgan fingerprint density at radius 2 is 1.75 bits per heavy atom. The van der Waals surface area contributed by atoms with E-state index >= 15 is 0 Å². The number of methoxy groups -OCH3 is 1. The first-order chi connectivity index (χ1) is 19.2. The summed E-state index contributed by atoms with van der Waals surface area (Å²) in [6, 6.07) is 21.3. The van der Waals surface area contributed by atoms with Crippen LogP contribution in [0.25, 0.3) is 0 Å². The zero-order chi connectivity index (χ0) is 28.4. The topological polar surface area (TPSA) is 76.7 Å². The highest BCUT2D eigenvalue weighted by atomic mass is 19.1. The van der Waals surface area contributed by atoms with Crippen molar-refractivity contribution in [1.82, 2.24) is 5.32 Å². The van der Waals surface area contributed by atoms with E-state index in [0.29, 0.717) is 53.4 Å². The number of benzene rings is 3. The van der Waals surface area contributed by atoms with Gasteiger partial charge in [0.05, 0.1) is 12.8 Å². The largest absolute Gasteiger partial charge is 0.493 e. The smallest absolute Gasteiger partial charge is 0.254 e. The van der Waals surface area contributed by atoms with Crippen LogP contribution < -0.4 is 20.1 Å². The van der Waals surface area contributed by atoms with E-state index in [1.165, 1.54) is 12.1 Å². The third kappa shape index (κ3) is 5.50. The molecule has 2 N–H and O–H groups in total. The fourth-order valence-corrected chi connectivity index (χ4v) is 5.54. The number of dihydropyridines is 1. The highest BCUT2D eigenvalue weighted by Crippen LogP contribution is 2.48. The zero-order valence-electron chi connectivity index (χ0n) is 23.1. The monoisotopic (exact) mass is 540 g/mol. The summed E-state index contributed by atoms with van der Waals surface area (Å²) in [4.78, 5) is 27.4. The van der Waals surface area contributed by atoms with Gasteiger partial charge in [-0.3, -0.25) is 9.59 Å². The number of Topliss-reactive ketones (excluding diaryl/α,β-unsaturated/α-hetero) is 1. The van der Waals surface area contributed by atoms with Crippen molar-refractivity contribution in [2.75, 3.05) is 12.4 Å². The van der Waals surface area contributed by atoms with Gasteiger partial charge in [0.25, 0.3) is 5.91 Å². The number of ketones is 1. The number of hydrogen-bond acceptors (Lipinski definition) is 5. The molecule has 7 heteroatoms. The van der Waals surface area contributed by atoms with Crippen LogP contribution in [0.2, 0.25) is 0 Å². The lowest BCUT2D eigenvalue weighted by atomic mass is 9.68. The van der Waals surface area contributed by atoms with E-state index in [-0.39, 0.29) is 16.9 Å². The Balaban J connectivity index is 1.55. The summed E-state index contributed by atoms with van der Waals surface area (Å²) >= 11 is 0. The lowest BCUT2D eigenvalue weighted by Gasteiger charge is -2.39. The van der Waals surface area contributed by atoms with Crippen molar-refractivity contribution in [3.05, 3.63) is 112 Å². The minimum Gasteiger partial charge on any atom is -0.493 e. The molecule has 2 aliphatic rings. The number of hydrogen-bond donors (Lipinski definition) is 2. The molecular formula is C33H33FN2O4. The highest BCUT2D eigenvalue weighted by Gasteiger charge is 2.43. The number of anilines is 1. The van der Waals surface area contributed by atoms with Gasteiger partial charge in [-0.1, -0.05) is 62.4 Å². The third-order valence-corrected chi connectivity index (χ3v) is 7.36. The number of para-hydroxylation sites is 1. The second-order valence-electron chi connectivity index (χ2n) is 11.0. The molecule has 1 amide bonds. The number of carbonyl (C=O) groups excluding carboxylic acids is 2. The van der Waals surface area contributed by atoms with Crippen LogP contribution in [0, 0.1) is 11.2 Å². The Morgan fingerprint density at radius 1 is 1.02 bits per heavy atom. The molecule has 206 valence electrons. The fourth-order valence-electron chi connectivity index (χ4n) is 5.54. The number of amides is 1. The van der Waals surface area contributed by atoms with Crippen molar-refractivity contribution < 1.29 is 23.5 Å². The average molecular weight is 541 g/mol. The van der Waals surface area contributed by atoms with Crippen LogP contribution in [0.3, 0.4) is 0 Å². The van der Waals surface area contributed by atoms with Crippen LogP contribution >= 0.6 is 0 Å². The molecule has 0 bridgehead atoms. The van der Waals surface area contributed by atoms with Gasteiger partial charge < -0.3 is 20.1 Å². The maximum atomic E-state index is 14.4. The highest BCUT2D eigenvalue weighted by molar-refractivity contribution is 6.10. The van der Waals surface area contributed by atoms with Gasteiger partial charge in [-0.15, -0.1) is 0 Å². The van der Waals surface area contributed by atoms with Crippen LogP contribution in [-0.2, 0) is 16.2 Å². The number of nitrogens with one attached hydrogen (secondary N) is 2. The number of allylic oxidation sites excluding steroid dienone is 3. The maximum Gasteiger partial charge on any atom is 0.254 e. The second kappa shape index (κ2) is 11.0. The SMILES string of the molecule is COc1cc(C2C(C(=O)Nc3ccccc3F)=C(C)NC3=C2C(=O)CC(C)(C)C3)ccc1OCc1ccccc1. The molecule has 0 spiro atoms. The Hall–Kier alpha value is -4.39. The van der Waals surface area contributed by atoms with Gasteiger partial charge in [-0.25, -0.2) is 4.39 Å². The minimum atomic E-state index is -0.663. The molecule has 0 aromatic heterocycles. The van der Waals surface area contributed by atoms with Crippen LogP contribution in [0.4, 0.5) is 10.1 Å². The van der Waals surface area contributed by atoms with E-state index in [0.717, 1.165) is 11.3 Å². The van der Waals surface area contributed by atoms with Gasteiger partial charge in [0.15, 0.2) is 17.3 Å². The molecule has 1 aliphatic heterocycles. The van der Waals surface area contributed by atoms with Crippen LogP contribution in [0.15, 0.2) is 95.3 Å². The number of rotatable bonds is 7. The molecule has 1 atom stereocenters. The Kier molecular flexibility index (Phi) is 7.48. The zero-order valence-corrected chi connectivity index (χ0v) is 23.1. The first-order valence-corrected chi connectivity index (χ1v) is 13.3. The first kappa shape index (κ1) is 27.2. The third-order valence-electron chi connectivity index (χ3n) is 7.36. The van der Waals surface area contributed by atoms with E-state index in [9.17, 15) is 14.0 Å². The van der Waals surface area contributed by atoms with Gasteiger partial charge in [-0.05, 0) is 54.2 Å². The molecule has 3 aromatic rings. The summed E-state index contributed by atoms with van der Waals surface area (Å²) in [5.74, 6) is -0.657. The van der Waals surface area contributed by atoms with E-state index in [1.807, 2.05) is 49.4 Å². The van der Waals surface area contributed by atoms with E-state index < -0.39 is 17.6 Å². The number of halogens is 1. The normalized spacial score (nSPS) is 18.1. The summed E-state index contributed by atoms with van der Waals surface area (Å²) in [7, 11) is 1.56. The predicted molar refractivity (Wildman–Crippen MR) is 152 cm³/mol. The summed E-state index contributed by atoms with van der Waals surface area (Å²) in [6.45, 7) is 6.30. The molecule has 40 heavy (non-hydrogen) atoms. The van der Waals surface area contributed by atoms with Crippen LogP contribution in [0.1, 0.15) is 50.7 Å². The van der Waals surface area contributed by atoms with Gasteiger partial charge in [0, 0.05) is 34.9 Å². The standard InChI is InChI=1S/C33H33FN2O4/c1-20-29(32(38)36-24-13-9-8-12-23(24)34)30(31-25(35-20)17-33(2,3)18-26(31)37)22-14-15-27(28(16-22)39-4)40-19-21-10-6-5-7-11-21/h5-16,30,35H,17-19H2,1-4H3,(H,36,38). The summed E-state index contributed by atoms with van der Waals surface area (Å²) in [5, 5.41) is 6.06. The maximum absolute atomic E-state index is 14.4. The lowest BCUT2D eigenvalue weighted by molar-refractivity contribution is -0.118. The minimum absolute atomic E-state index is 0.0178. The van der Waals surface area contributed by atoms with Crippen molar-refractivity contribution in [1.29, 1.82) is 0 Å². The Bertz CT molecular complexity index is 1520. The quantitative estimate of drug-likeness (QED) is 0.351. The first-order valence-electron chi connectivity index (χ1n) is 13.3. The summed E-state index contributed by atoms with van der Waals surface area (Å²) < 4.78 is 26.2. The number of carbonyl (C=O) groups is 2. The molecule has 1 unspecified atom stereocenters. The Labute approximate surface area is 233 Å². The molecule has 0 saturated heterocycles. The molecule has 0 fully saturated rings. The second-order valence-corrected chi connectivity index (χ2v) is 11.0. The van der Waals surface area contributed by atoms with Crippen molar-refractivity contribution in [2.24, 2.45) is 5.41 Å². The molecule has 0 saturated carbocycles. The van der Waals surface area contributed by atoms with Gasteiger partial charge in [0.2, 0.25) is 0 Å². The van der Waals surface area contributed by atoms with E-state index in [4.69, 9.17) is 9.47 Å². The predicted octanol–water partition coefficient (Wildman–Crippen LogP) is 6.66. The van der Waals surface area contributed by atoms with Crippen molar-refractivity contribution in [3.8, 4) is 11.5 Å². The fraction of sp³-hybridized carbons (Fsp3) is 0.273. The molecule has 6 nitrogen and oxygen atoms in total. The molecule has 1 heterocycles. The lowest BCUT2D eigenvalue weighted by Crippen LogP contribution is -2.39. The van der Waals surface area contributed by atoms with Gasteiger partial charge >= 0.3 is 0 Å². The summed E-state index contributed by atoms with van der Waals surface area (Å²) in [6.07, 6.45) is 1.03. The summed E-state index contributed by atoms with van der Waals surface area (Å²) in [5.41, 5.74) is 3.93. The Morgan fingerprint density at radius 3 is 2.48 bits per heavy atom. The molecular weight excluding hydrogens is 507 g/mol. The molecule has 1 aliphatic carbocycles. The van der Waals surface area contributed by atoms with Crippen molar-refractivity contribution >= 4 is 17.4 Å². The number of ether oxygens (including phenoxy) is 2. The van der Waals surface area contributed by atoms with Crippen molar-refractivity contribution in [2.45, 2.75) is 46.1 Å². The van der Waals surface area contributed by atoms with E-state index in [1.54, 1.807) is 25.3 Å². The van der Waals surface area contributed by atoms with Gasteiger partial charge in [-0.2, -0.15) is 0 Å². The van der Waals surface area contributed by atoms with Crippen LogP contribution in [0.5, 0.6) is 11.5 Å². The molecule has 5 rings (SSSR count).